The summed E-state index contributed by atoms with van der Waals surface area (Å²) in [4.78, 5) is 6.66. The van der Waals surface area contributed by atoms with Crippen LogP contribution in [-0.2, 0) is 6.54 Å². The molecule has 2 heterocycles. The Morgan fingerprint density at radius 3 is 3.07 bits per heavy atom. The van der Waals surface area contributed by atoms with Gasteiger partial charge in [-0.3, -0.25) is 4.90 Å². The molecular weight excluding hydrogens is 190 g/mol. The molecule has 0 N–H and O–H groups in total. The molecule has 0 aromatic carbocycles. The minimum absolute atomic E-state index is 0.731. The van der Waals surface area contributed by atoms with Crippen molar-refractivity contribution < 1.29 is 4.52 Å². The molecular formula is C11H19N3O. The molecule has 1 aromatic rings. The third-order valence-electron chi connectivity index (χ3n) is 3.11. The maximum atomic E-state index is 5.13. The molecule has 0 aliphatic carbocycles. The molecule has 0 saturated carbocycles. The predicted octanol–water partition coefficient (Wildman–Crippen LogP) is 2.00. The van der Waals surface area contributed by atoms with Crippen molar-refractivity contribution in [3.63, 3.8) is 0 Å². The van der Waals surface area contributed by atoms with Gasteiger partial charge in [0.05, 0.1) is 6.54 Å². The third-order valence-corrected chi connectivity index (χ3v) is 3.11. The second kappa shape index (κ2) is 4.75. The van der Waals surface area contributed by atoms with Gasteiger partial charge >= 0.3 is 0 Å². The summed E-state index contributed by atoms with van der Waals surface area (Å²) in [7, 11) is 0. The Morgan fingerprint density at radius 2 is 2.40 bits per heavy atom. The quantitative estimate of drug-likeness (QED) is 0.763. The number of rotatable bonds is 3. The second-order valence-corrected chi connectivity index (χ2v) is 4.39. The summed E-state index contributed by atoms with van der Waals surface area (Å²) in [6.07, 6.45) is 3.95. The lowest BCUT2D eigenvalue weighted by Gasteiger charge is -2.30. The van der Waals surface area contributed by atoms with E-state index < -0.39 is 0 Å². The lowest BCUT2D eigenvalue weighted by atomic mass is 9.96. The minimum Gasteiger partial charge on any atom is -0.338 e. The highest BCUT2D eigenvalue weighted by atomic mass is 16.5. The van der Waals surface area contributed by atoms with E-state index in [-0.39, 0.29) is 0 Å². The van der Waals surface area contributed by atoms with Crippen LogP contribution < -0.4 is 0 Å². The molecule has 4 nitrogen and oxygen atoms in total. The van der Waals surface area contributed by atoms with E-state index in [1.807, 2.05) is 6.92 Å². The molecule has 0 radical (unpaired) electrons. The molecule has 15 heavy (non-hydrogen) atoms. The average molecular weight is 209 g/mol. The monoisotopic (exact) mass is 209 g/mol. The van der Waals surface area contributed by atoms with Crippen LogP contribution in [0, 0.1) is 12.8 Å². The predicted molar refractivity (Wildman–Crippen MR) is 57.3 cm³/mol. The number of aromatic nitrogens is 2. The molecule has 1 fully saturated rings. The summed E-state index contributed by atoms with van der Waals surface area (Å²) in [5, 5.41) is 3.81. The van der Waals surface area contributed by atoms with E-state index in [9.17, 15) is 0 Å². The van der Waals surface area contributed by atoms with Gasteiger partial charge in [0.15, 0.2) is 5.82 Å². The first-order valence-electron chi connectivity index (χ1n) is 5.79. The van der Waals surface area contributed by atoms with Gasteiger partial charge in [-0.2, -0.15) is 4.98 Å². The first-order chi connectivity index (χ1) is 7.28. The highest BCUT2D eigenvalue weighted by Crippen LogP contribution is 2.20. The fourth-order valence-corrected chi connectivity index (χ4v) is 2.22. The molecule has 0 bridgehead atoms. The van der Waals surface area contributed by atoms with Crippen molar-refractivity contribution in [1.82, 2.24) is 15.0 Å². The van der Waals surface area contributed by atoms with E-state index in [1.54, 1.807) is 0 Å². The van der Waals surface area contributed by atoms with Crippen molar-refractivity contribution >= 4 is 0 Å². The van der Waals surface area contributed by atoms with Gasteiger partial charge in [-0.1, -0.05) is 18.5 Å². The van der Waals surface area contributed by atoms with Crippen LogP contribution in [0.25, 0.3) is 0 Å². The first kappa shape index (κ1) is 10.6. The number of nitrogens with zero attached hydrogens (tertiary/aromatic N) is 3. The van der Waals surface area contributed by atoms with E-state index >= 15 is 0 Å². The summed E-state index contributed by atoms with van der Waals surface area (Å²) < 4.78 is 5.13. The zero-order chi connectivity index (χ0) is 10.7. The van der Waals surface area contributed by atoms with Crippen molar-refractivity contribution in [1.29, 1.82) is 0 Å². The fourth-order valence-electron chi connectivity index (χ4n) is 2.22. The number of aryl methyl sites for hydroxylation is 1. The summed E-state index contributed by atoms with van der Waals surface area (Å²) in [6.45, 7) is 7.29. The Kier molecular flexibility index (Phi) is 3.36. The van der Waals surface area contributed by atoms with Gasteiger partial charge in [-0.15, -0.1) is 0 Å². The molecule has 1 aliphatic heterocycles. The summed E-state index contributed by atoms with van der Waals surface area (Å²) >= 11 is 0. The first-order valence-corrected chi connectivity index (χ1v) is 5.79. The molecule has 1 saturated heterocycles. The Labute approximate surface area is 90.7 Å². The molecule has 1 aliphatic rings. The van der Waals surface area contributed by atoms with E-state index in [2.05, 4.69) is 22.0 Å². The van der Waals surface area contributed by atoms with E-state index in [1.165, 1.54) is 25.8 Å². The smallest absolute Gasteiger partial charge is 0.240 e. The van der Waals surface area contributed by atoms with Crippen molar-refractivity contribution in [2.75, 3.05) is 13.1 Å². The van der Waals surface area contributed by atoms with Gasteiger partial charge in [0.25, 0.3) is 0 Å². The van der Waals surface area contributed by atoms with Crippen LogP contribution in [0.5, 0.6) is 0 Å². The highest BCUT2D eigenvalue weighted by Gasteiger charge is 2.19. The van der Waals surface area contributed by atoms with Gasteiger partial charge in [0.1, 0.15) is 0 Å². The third kappa shape index (κ3) is 2.78. The van der Waals surface area contributed by atoms with Crippen LogP contribution in [0.4, 0.5) is 0 Å². The number of hydrogen-bond donors (Lipinski definition) is 0. The van der Waals surface area contributed by atoms with Gasteiger partial charge < -0.3 is 4.52 Å². The van der Waals surface area contributed by atoms with Gasteiger partial charge in [-0.25, -0.2) is 0 Å². The zero-order valence-corrected chi connectivity index (χ0v) is 9.57. The molecule has 1 aromatic heterocycles. The van der Waals surface area contributed by atoms with Crippen molar-refractivity contribution in [2.45, 2.75) is 39.7 Å². The maximum Gasteiger partial charge on any atom is 0.240 e. The molecule has 84 valence electrons. The summed E-state index contributed by atoms with van der Waals surface area (Å²) in [5.74, 6) is 2.33. The molecule has 0 amide bonds. The van der Waals surface area contributed by atoms with Gasteiger partial charge in [-0.05, 0) is 32.2 Å². The van der Waals surface area contributed by atoms with Crippen LogP contribution >= 0.6 is 0 Å². The van der Waals surface area contributed by atoms with Gasteiger partial charge in [0.2, 0.25) is 5.89 Å². The van der Waals surface area contributed by atoms with E-state index in [4.69, 9.17) is 4.52 Å². The SMILES string of the molecule is CC[C@@H]1CCCN(Cc2nc(C)no2)C1. The topological polar surface area (TPSA) is 42.2 Å². The van der Waals surface area contributed by atoms with Crippen molar-refractivity contribution in [3.05, 3.63) is 11.7 Å². The fraction of sp³-hybridized carbons (Fsp3) is 0.818. The van der Waals surface area contributed by atoms with Crippen LogP contribution in [0.15, 0.2) is 4.52 Å². The lowest BCUT2D eigenvalue weighted by Crippen LogP contribution is -2.34. The van der Waals surface area contributed by atoms with Crippen LogP contribution in [0.1, 0.15) is 37.9 Å². The Hall–Kier alpha value is -0.900. The van der Waals surface area contributed by atoms with Crippen molar-refractivity contribution in [2.24, 2.45) is 5.92 Å². The molecule has 0 spiro atoms. The van der Waals surface area contributed by atoms with Crippen LogP contribution in [0.3, 0.4) is 0 Å². The Balaban J connectivity index is 1.88. The Morgan fingerprint density at radius 1 is 1.53 bits per heavy atom. The molecule has 4 heteroatoms. The number of hydrogen-bond acceptors (Lipinski definition) is 4. The van der Waals surface area contributed by atoms with Crippen LogP contribution in [0.2, 0.25) is 0 Å². The molecule has 0 unspecified atom stereocenters. The normalized spacial score (nSPS) is 23.2. The second-order valence-electron chi connectivity index (χ2n) is 4.39. The minimum atomic E-state index is 0.731. The van der Waals surface area contributed by atoms with Crippen molar-refractivity contribution in [3.8, 4) is 0 Å². The number of piperidine rings is 1. The summed E-state index contributed by atoms with van der Waals surface area (Å²) in [5.41, 5.74) is 0. The zero-order valence-electron chi connectivity index (χ0n) is 9.57. The van der Waals surface area contributed by atoms with E-state index in [0.29, 0.717) is 0 Å². The van der Waals surface area contributed by atoms with Crippen LogP contribution in [-0.4, -0.2) is 28.1 Å². The highest BCUT2D eigenvalue weighted by molar-refractivity contribution is 4.84. The number of likely N-dealkylation sites (tertiary alicyclic amines) is 1. The Bertz CT molecular complexity index is 311. The lowest BCUT2D eigenvalue weighted by molar-refractivity contribution is 0.148. The van der Waals surface area contributed by atoms with Gasteiger partial charge in [0, 0.05) is 6.54 Å². The summed E-state index contributed by atoms with van der Waals surface area (Å²) in [6, 6.07) is 0. The molecule has 2 rings (SSSR count). The average Bonchev–Trinajstić information content (AvgIpc) is 2.64. The molecule has 1 atom stereocenters. The largest absolute Gasteiger partial charge is 0.338 e. The standard InChI is InChI=1S/C11H19N3O/c1-3-10-5-4-6-14(7-10)8-11-12-9(2)13-15-11/h10H,3-8H2,1-2H3/t10-/m1/s1. The maximum absolute atomic E-state index is 5.13. The van der Waals surface area contributed by atoms with E-state index in [0.717, 1.165) is 30.7 Å².